The SMILES string of the molecule is CN1CCC(CN(C)CCC(C)(N)C(=O)O)CC1. The fourth-order valence-electron chi connectivity index (χ4n) is 2.31. The number of hydrogen-bond donors (Lipinski definition) is 2. The molecule has 1 fully saturated rings. The van der Waals surface area contributed by atoms with Gasteiger partial charge >= 0.3 is 5.97 Å². The van der Waals surface area contributed by atoms with Crippen LogP contribution < -0.4 is 5.73 Å². The van der Waals surface area contributed by atoms with Crippen molar-refractivity contribution in [3.05, 3.63) is 0 Å². The van der Waals surface area contributed by atoms with Crippen molar-refractivity contribution in [1.29, 1.82) is 0 Å². The van der Waals surface area contributed by atoms with Crippen LogP contribution in [-0.2, 0) is 4.79 Å². The van der Waals surface area contributed by atoms with Crippen LogP contribution in [0.4, 0.5) is 0 Å². The monoisotopic (exact) mass is 257 g/mol. The van der Waals surface area contributed by atoms with E-state index in [1.165, 1.54) is 25.9 Å². The topological polar surface area (TPSA) is 69.8 Å². The van der Waals surface area contributed by atoms with Crippen LogP contribution in [0.5, 0.6) is 0 Å². The van der Waals surface area contributed by atoms with Gasteiger partial charge in [-0.2, -0.15) is 0 Å². The molecular weight excluding hydrogens is 230 g/mol. The highest BCUT2D eigenvalue weighted by Gasteiger charge is 2.28. The van der Waals surface area contributed by atoms with Gasteiger partial charge in [0.05, 0.1) is 0 Å². The van der Waals surface area contributed by atoms with Gasteiger partial charge in [0.25, 0.3) is 0 Å². The van der Waals surface area contributed by atoms with E-state index in [0.29, 0.717) is 6.42 Å². The van der Waals surface area contributed by atoms with Gasteiger partial charge in [0.2, 0.25) is 0 Å². The lowest BCUT2D eigenvalue weighted by Crippen LogP contribution is -2.47. The summed E-state index contributed by atoms with van der Waals surface area (Å²) in [5.74, 6) is -0.185. The van der Waals surface area contributed by atoms with Gasteiger partial charge in [-0.15, -0.1) is 0 Å². The standard InChI is InChI=1S/C13H27N3O2/c1-13(14,12(17)18)6-9-16(3)10-11-4-7-15(2)8-5-11/h11H,4-10,14H2,1-3H3,(H,17,18). The van der Waals surface area contributed by atoms with E-state index in [2.05, 4.69) is 23.9 Å². The van der Waals surface area contributed by atoms with E-state index >= 15 is 0 Å². The second kappa shape index (κ2) is 6.50. The Balaban J connectivity index is 2.25. The number of hydrogen-bond acceptors (Lipinski definition) is 4. The van der Waals surface area contributed by atoms with Gasteiger partial charge in [0, 0.05) is 13.1 Å². The quantitative estimate of drug-likeness (QED) is 0.723. The van der Waals surface area contributed by atoms with Gasteiger partial charge in [-0.1, -0.05) is 0 Å². The minimum Gasteiger partial charge on any atom is -0.480 e. The van der Waals surface area contributed by atoms with Gasteiger partial charge in [0.1, 0.15) is 5.54 Å². The average Bonchev–Trinajstić information content (AvgIpc) is 2.29. The lowest BCUT2D eigenvalue weighted by atomic mass is 9.95. The molecule has 106 valence electrons. The minimum absolute atomic E-state index is 0.492. The molecule has 1 saturated heterocycles. The lowest BCUT2D eigenvalue weighted by molar-refractivity contribution is -0.143. The first kappa shape index (κ1) is 15.4. The van der Waals surface area contributed by atoms with Gasteiger partial charge in [-0.05, 0) is 59.3 Å². The van der Waals surface area contributed by atoms with E-state index in [-0.39, 0.29) is 0 Å². The van der Waals surface area contributed by atoms with E-state index in [9.17, 15) is 4.79 Å². The zero-order chi connectivity index (χ0) is 13.8. The van der Waals surface area contributed by atoms with E-state index in [1.807, 2.05) is 0 Å². The third-order valence-electron chi connectivity index (χ3n) is 3.91. The van der Waals surface area contributed by atoms with Crippen LogP contribution in [0.3, 0.4) is 0 Å². The van der Waals surface area contributed by atoms with Gasteiger partial charge in [0.15, 0.2) is 0 Å². The highest BCUT2D eigenvalue weighted by Crippen LogP contribution is 2.17. The molecule has 0 aromatic carbocycles. The van der Waals surface area contributed by atoms with Crippen LogP contribution in [0.1, 0.15) is 26.2 Å². The van der Waals surface area contributed by atoms with E-state index in [0.717, 1.165) is 19.0 Å². The Hall–Kier alpha value is -0.650. The maximum Gasteiger partial charge on any atom is 0.323 e. The van der Waals surface area contributed by atoms with Crippen molar-refractivity contribution in [3.8, 4) is 0 Å². The molecular formula is C13H27N3O2. The molecule has 1 atom stereocenters. The van der Waals surface area contributed by atoms with Crippen LogP contribution in [-0.4, -0.2) is 66.7 Å². The summed E-state index contributed by atoms with van der Waals surface area (Å²) in [6.07, 6.45) is 2.96. The summed E-state index contributed by atoms with van der Waals surface area (Å²) in [5.41, 5.74) is 4.62. The van der Waals surface area contributed by atoms with Crippen LogP contribution in [0.25, 0.3) is 0 Å². The van der Waals surface area contributed by atoms with E-state index in [1.54, 1.807) is 6.92 Å². The van der Waals surface area contributed by atoms with Crippen LogP contribution >= 0.6 is 0 Å². The number of piperidine rings is 1. The van der Waals surface area contributed by atoms with Crippen molar-refractivity contribution in [2.45, 2.75) is 31.7 Å². The summed E-state index contributed by atoms with van der Waals surface area (Å²) in [6, 6.07) is 0. The second-order valence-electron chi connectivity index (χ2n) is 5.98. The van der Waals surface area contributed by atoms with Gasteiger partial charge in [-0.3, -0.25) is 4.79 Å². The minimum atomic E-state index is -1.11. The maximum absolute atomic E-state index is 10.9. The molecule has 0 radical (unpaired) electrons. The summed E-state index contributed by atoms with van der Waals surface area (Å²) in [7, 11) is 4.21. The van der Waals surface area contributed by atoms with Gasteiger partial charge < -0.3 is 20.6 Å². The van der Waals surface area contributed by atoms with Crippen molar-refractivity contribution >= 4 is 5.97 Å². The zero-order valence-electron chi connectivity index (χ0n) is 11.9. The van der Waals surface area contributed by atoms with Crippen LogP contribution in [0, 0.1) is 5.92 Å². The molecule has 0 aliphatic carbocycles. The van der Waals surface area contributed by atoms with Crippen molar-refractivity contribution in [2.24, 2.45) is 11.7 Å². The highest BCUT2D eigenvalue weighted by atomic mass is 16.4. The van der Waals surface area contributed by atoms with Crippen molar-refractivity contribution in [3.63, 3.8) is 0 Å². The van der Waals surface area contributed by atoms with Crippen molar-refractivity contribution < 1.29 is 9.90 Å². The Labute approximate surface area is 110 Å². The molecule has 1 heterocycles. The first-order valence-corrected chi connectivity index (χ1v) is 6.70. The Kier molecular flexibility index (Phi) is 5.56. The number of likely N-dealkylation sites (tertiary alicyclic amines) is 1. The highest BCUT2D eigenvalue weighted by molar-refractivity contribution is 5.77. The Morgan fingerprint density at radius 3 is 2.56 bits per heavy atom. The fraction of sp³-hybridized carbons (Fsp3) is 0.923. The number of carboxylic acids is 1. The summed E-state index contributed by atoms with van der Waals surface area (Å²) in [4.78, 5) is 15.5. The fourth-order valence-corrected chi connectivity index (χ4v) is 2.31. The summed E-state index contributed by atoms with van der Waals surface area (Å²) < 4.78 is 0. The second-order valence-corrected chi connectivity index (χ2v) is 5.98. The Morgan fingerprint density at radius 1 is 1.50 bits per heavy atom. The maximum atomic E-state index is 10.9. The molecule has 18 heavy (non-hydrogen) atoms. The molecule has 5 heteroatoms. The smallest absolute Gasteiger partial charge is 0.323 e. The largest absolute Gasteiger partial charge is 0.480 e. The third-order valence-corrected chi connectivity index (χ3v) is 3.91. The Bertz CT molecular complexity index is 273. The lowest BCUT2D eigenvalue weighted by Gasteiger charge is -2.32. The molecule has 3 N–H and O–H groups in total. The first-order valence-electron chi connectivity index (χ1n) is 6.70. The van der Waals surface area contributed by atoms with Crippen molar-refractivity contribution in [1.82, 2.24) is 9.80 Å². The predicted octanol–water partition coefficient (Wildman–Crippen LogP) is 0.452. The number of nitrogens with two attached hydrogens (primary N) is 1. The number of carbonyl (C=O) groups is 1. The Morgan fingerprint density at radius 2 is 2.06 bits per heavy atom. The molecule has 1 rings (SSSR count). The molecule has 0 saturated carbocycles. The number of rotatable bonds is 6. The predicted molar refractivity (Wildman–Crippen MR) is 72.6 cm³/mol. The van der Waals surface area contributed by atoms with Crippen molar-refractivity contribution in [2.75, 3.05) is 40.3 Å². The third kappa shape index (κ3) is 4.92. The van der Waals surface area contributed by atoms with E-state index < -0.39 is 11.5 Å². The molecule has 0 amide bonds. The molecule has 0 aromatic rings. The first-order chi connectivity index (χ1) is 8.31. The normalized spacial score (nSPS) is 22.1. The summed E-state index contributed by atoms with van der Waals surface area (Å²) in [6.45, 7) is 5.71. The molecule has 0 bridgehead atoms. The molecule has 1 aliphatic heterocycles. The average molecular weight is 257 g/mol. The van der Waals surface area contributed by atoms with Crippen LogP contribution in [0.2, 0.25) is 0 Å². The molecule has 5 nitrogen and oxygen atoms in total. The molecule has 1 unspecified atom stereocenters. The summed E-state index contributed by atoms with van der Waals surface area (Å²) in [5, 5.41) is 8.96. The van der Waals surface area contributed by atoms with Crippen LogP contribution in [0.15, 0.2) is 0 Å². The number of aliphatic carboxylic acids is 1. The zero-order valence-corrected chi connectivity index (χ0v) is 11.9. The molecule has 1 aliphatic rings. The number of carboxylic acid groups (broad SMARTS) is 1. The van der Waals surface area contributed by atoms with E-state index in [4.69, 9.17) is 10.8 Å². The van der Waals surface area contributed by atoms with Gasteiger partial charge in [-0.25, -0.2) is 0 Å². The molecule has 0 spiro atoms. The number of nitrogens with zero attached hydrogens (tertiary/aromatic N) is 2. The summed E-state index contributed by atoms with van der Waals surface area (Å²) >= 11 is 0. The molecule has 0 aromatic heterocycles.